The number of aromatic nitrogens is 1. The maximum absolute atomic E-state index is 11.0. The molecule has 7 nitrogen and oxygen atoms in total. The molecule has 2 unspecified atom stereocenters. The fourth-order valence-corrected chi connectivity index (χ4v) is 2.15. The van der Waals surface area contributed by atoms with Crippen LogP contribution >= 0.6 is 0 Å². The summed E-state index contributed by atoms with van der Waals surface area (Å²) in [5, 5.41) is 19.5. The van der Waals surface area contributed by atoms with Crippen molar-refractivity contribution in [3.8, 4) is 0 Å². The Morgan fingerprint density at radius 1 is 1.56 bits per heavy atom. The van der Waals surface area contributed by atoms with Gasteiger partial charge in [-0.2, -0.15) is 0 Å². The van der Waals surface area contributed by atoms with E-state index >= 15 is 0 Å². The van der Waals surface area contributed by atoms with Gasteiger partial charge in [-0.05, 0) is 12.0 Å². The van der Waals surface area contributed by atoms with E-state index in [0.717, 1.165) is 0 Å². The molecule has 0 aliphatic carbocycles. The van der Waals surface area contributed by atoms with Crippen molar-refractivity contribution in [1.82, 2.24) is 4.98 Å². The molecular weight excluding hydrogens is 238 g/mol. The molecule has 18 heavy (non-hydrogen) atoms. The first-order valence-corrected chi connectivity index (χ1v) is 5.57. The van der Waals surface area contributed by atoms with Gasteiger partial charge in [0.25, 0.3) is 5.69 Å². The van der Waals surface area contributed by atoms with Crippen LogP contribution in [0.4, 0.5) is 11.5 Å². The molecule has 2 rings (SSSR count). The average molecular weight is 251 g/mol. The number of hydrogen-bond acceptors (Lipinski definition) is 5. The zero-order valence-corrected chi connectivity index (χ0v) is 9.81. The summed E-state index contributed by atoms with van der Waals surface area (Å²) in [6.45, 7) is 2.87. The lowest BCUT2D eigenvalue weighted by atomic mass is 9.99. The molecule has 1 aromatic rings. The summed E-state index contributed by atoms with van der Waals surface area (Å²) in [4.78, 5) is 26.8. The molecule has 2 atom stereocenters. The second kappa shape index (κ2) is 4.59. The van der Waals surface area contributed by atoms with Crippen LogP contribution < -0.4 is 4.90 Å². The van der Waals surface area contributed by atoms with Gasteiger partial charge in [0.1, 0.15) is 12.0 Å². The highest BCUT2D eigenvalue weighted by Gasteiger charge is 2.35. The van der Waals surface area contributed by atoms with Crippen molar-refractivity contribution < 1.29 is 14.8 Å². The summed E-state index contributed by atoms with van der Waals surface area (Å²) in [5.74, 6) is -0.607. The molecule has 0 bridgehead atoms. The smallest absolute Gasteiger partial charge is 0.308 e. The monoisotopic (exact) mass is 251 g/mol. The van der Waals surface area contributed by atoms with Gasteiger partial charge >= 0.3 is 5.97 Å². The Hall–Kier alpha value is -2.18. The average Bonchev–Trinajstić information content (AvgIpc) is 2.71. The molecule has 0 saturated carbocycles. The first-order valence-electron chi connectivity index (χ1n) is 5.57. The fraction of sp³-hybridized carbons (Fsp3) is 0.455. The predicted molar refractivity (Wildman–Crippen MR) is 63.4 cm³/mol. The van der Waals surface area contributed by atoms with Crippen LogP contribution in [0.5, 0.6) is 0 Å². The summed E-state index contributed by atoms with van der Waals surface area (Å²) in [6, 6.07) is 2.93. The Labute approximate surface area is 103 Å². The number of pyridine rings is 1. The first kappa shape index (κ1) is 12.3. The summed E-state index contributed by atoms with van der Waals surface area (Å²) in [7, 11) is 0. The number of carbonyl (C=O) groups is 1. The Morgan fingerprint density at radius 2 is 2.28 bits per heavy atom. The number of carboxylic acid groups (broad SMARTS) is 1. The number of nitro groups is 1. The van der Waals surface area contributed by atoms with Crippen molar-refractivity contribution in [3.05, 3.63) is 28.4 Å². The number of rotatable bonds is 3. The number of nitrogens with zero attached hydrogens (tertiary/aromatic N) is 3. The minimum Gasteiger partial charge on any atom is -0.481 e. The summed E-state index contributed by atoms with van der Waals surface area (Å²) in [5.41, 5.74) is -0.0687. The van der Waals surface area contributed by atoms with Crippen molar-refractivity contribution in [3.63, 3.8) is 0 Å². The third-order valence-electron chi connectivity index (χ3n) is 3.20. The molecule has 1 aromatic heterocycles. The molecule has 1 fully saturated rings. The van der Waals surface area contributed by atoms with E-state index < -0.39 is 16.8 Å². The summed E-state index contributed by atoms with van der Waals surface area (Å²) in [6.07, 6.45) is 1.19. The second-order valence-electron chi connectivity index (χ2n) is 4.46. The quantitative estimate of drug-likeness (QED) is 0.639. The third-order valence-corrected chi connectivity index (χ3v) is 3.20. The molecule has 0 radical (unpaired) electrons. The molecule has 1 aliphatic rings. The Bertz CT molecular complexity index is 474. The van der Waals surface area contributed by atoms with Crippen LogP contribution in [0.3, 0.4) is 0 Å². The molecule has 0 amide bonds. The topological polar surface area (TPSA) is 96.6 Å². The molecule has 1 saturated heterocycles. The number of anilines is 1. The highest BCUT2D eigenvalue weighted by atomic mass is 16.6. The van der Waals surface area contributed by atoms with Crippen LogP contribution in [0.1, 0.15) is 6.92 Å². The van der Waals surface area contributed by atoms with Gasteiger partial charge in [0.05, 0.1) is 10.8 Å². The van der Waals surface area contributed by atoms with E-state index in [2.05, 4.69) is 4.98 Å². The largest absolute Gasteiger partial charge is 0.481 e. The first-order chi connectivity index (χ1) is 8.49. The summed E-state index contributed by atoms with van der Waals surface area (Å²) < 4.78 is 0. The second-order valence-corrected chi connectivity index (χ2v) is 4.46. The van der Waals surface area contributed by atoms with Crippen LogP contribution in [0.15, 0.2) is 18.3 Å². The van der Waals surface area contributed by atoms with E-state index in [0.29, 0.717) is 18.9 Å². The number of carboxylic acids is 1. The van der Waals surface area contributed by atoms with Gasteiger partial charge in [-0.25, -0.2) is 4.98 Å². The van der Waals surface area contributed by atoms with E-state index in [1.165, 1.54) is 12.3 Å². The van der Waals surface area contributed by atoms with Gasteiger partial charge in [-0.1, -0.05) is 6.92 Å². The lowest BCUT2D eigenvalue weighted by molar-refractivity contribution is -0.385. The minimum atomic E-state index is -0.813. The van der Waals surface area contributed by atoms with E-state index in [9.17, 15) is 14.9 Å². The van der Waals surface area contributed by atoms with Crippen molar-refractivity contribution in [2.75, 3.05) is 18.0 Å². The van der Waals surface area contributed by atoms with Crippen LogP contribution in [-0.2, 0) is 4.79 Å². The molecule has 2 heterocycles. The molecule has 7 heteroatoms. The van der Waals surface area contributed by atoms with Crippen molar-refractivity contribution >= 4 is 17.5 Å². The van der Waals surface area contributed by atoms with E-state index in [4.69, 9.17) is 5.11 Å². The highest BCUT2D eigenvalue weighted by molar-refractivity contribution is 5.72. The zero-order chi connectivity index (χ0) is 13.3. The number of hydrogen-bond donors (Lipinski definition) is 1. The van der Waals surface area contributed by atoms with Crippen LogP contribution in [0.2, 0.25) is 0 Å². The standard InChI is InChI=1S/C11H13N3O4/c1-7-5-13(6-9(7)11(15)16)10-3-2-8(4-12-10)14(17)18/h2-4,7,9H,5-6H2,1H3,(H,15,16). The van der Waals surface area contributed by atoms with E-state index in [-0.39, 0.29) is 11.6 Å². The Balaban J connectivity index is 2.14. The van der Waals surface area contributed by atoms with E-state index in [1.54, 1.807) is 6.07 Å². The van der Waals surface area contributed by atoms with Crippen LogP contribution in [0.25, 0.3) is 0 Å². The predicted octanol–water partition coefficient (Wildman–Crippen LogP) is 1.15. The lowest BCUT2D eigenvalue weighted by Crippen LogP contribution is -2.23. The lowest BCUT2D eigenvalue weighted by Gasteiger charge is -2.16. The van der Waals surface area contributed by atoms with Gasteiger partial charge in [0.2, 0.25) is 0 Å². The van der Waals surface area contributed by atoms with E-state index in [1.807, 2.05) is 11.8 Å². The highest BCUT2D eigenvalue weighted by Crippen LogP contribution is 2.27. The third kappa shape index (κ3) is 2.24. The maximum Gasteiger partial charge on any atom is 0.308 e. The van der Waals surface area contributed by atoms with Gasteiger partial charge in [-0.3, -0.25) is 14.9 Å². The number of aliphatic carboxylic acids is 1. The van der Waals surface area contributed by atoms with Gasteiger partial charge in [-0.15, -0.1) is 0 Å². The van der Waals surface area contributed by atoms with Gasteiger partial charge in [0.15, 0.2) is 0 Å². The molecular formula is C11H13N3O4. The van der Waals surface area contributed by atoms with Crippen LogP contribution in [-0.4, -0.2) is 34.1 Å². The molecule has 1 N–H and O–H groups in total. The van der Waals surface area contributed by atoms with Crippen molar-refractivity contribution in [2.24, 2.45) is 11.8 Å². The molecule has 96 valence electrons. The molecule has 1 aliphatic heterocycles. The van der Waals surface area contributed by atoms with Crippen LogP contribution in [0, 0.1) is 22.0 Å². The Morgan fingerprint density at radius 3 is 2.72 bits per heavy atom. The summed E-state index contributed by atoms with van der Waals surface area (Å²) >= 11 is 0. The van der Waals surface area contributed by atoms with Gasteiger partial charge < -0.3 is 10.0 Å². The fourth-order valence-electron chi connectivity index (χ4n) is 2.15. The Kier molecular flexibility index (Phi) is 3.14. The van der Waals surface area contributed by atoms with Crippen molar-refractivity contribution in [2.45, 2.75) is 6.92 Å². The normalized spacial score (nSPS) is 23.1. The SMILES string of the molecule is CC1CN(c2ccc([N+](=O)[O-])cn2)CC1C(=O)O. The molecule has 0 spiro atoms. The minimum absolute atomic E-state index is 0.0412. The zero-order valence-electron chi connectivity index (χ0n) is 9.81. The van der Waals surface area contributed by atoms with Crippen molar-refractivity contribution in [1.29, 1.82) is 0 Å². The molecule has 0 aromatic carbocycles. The maximum atomic E-state index is 11.0. The van der Waals surface area contributed by atoms with Gasteiger partial charge in [0, 0.05) is 19.2 Å².